The van der Waals surface area contributed by atoms with Crippen LogP contribution in [0, 0.1) is 0 Å². The van der Waals surface area contributed by atoms with E-state index in [4.69, 9.17) is 4.74 Å². The molecule has 2 N–H and O–H groups in total. The Hall–Kier alpha value is -1.81. The molecule has 1 aromatic heterocycles. The van der Waals surface area contributed by atoms with Crippen molar-refractivity contribution in [1.82, 2.24) is 15.5 Å². The fourth-order valence-electron chi connectivity index (χ4n) is 1.64. The van der Waals surface area contributed by atoms with E-state index < -0.39 is 0 Å². The van der Waals surface area contributed by atoms with E-state index in [0.717, 1.165) is 24.4 Å². The van der Waals surface area contributed by atoms with Crippen molar-refractivity contribution < 1.29 is 4.74 Å². The molecule has 0 fully saturated rings. The van der Waals surface area contributed by atoms with Gasteiger partial charge in [-0.05, 0) is 24.6 Å². The quantitative estimate of drug-likeness (QED) is 0.800. The lowest BCUT2D eigenvalue weighted by Crippen LogP contribution is -2.12. The van der Waals surface area contributed by atoms with Crippen LogP contribution < -0.4 is 10.1 Å². The van der Waals surface area contributed by atoms with Crippen LogP contribution in [0.4, 0.5) is 0 Å². The van der Waals surface area contributed by atoms with Crippen LogP contribution in [0.3, 0.4) is 0 Å². The molecule has 17 heavy (non-hydrogen) atoms. The number of nitrogens with one attached hydrogen (secondary N) is 2. The van der Waals surface area contributed by atoms with Gasteiger partial charge in [0.1, 0.15) is 5.75 Å². The zero-order valence-electron chi connectivity index (χ0n) is 9.94. The fraction of sp³-hybridized carbons (Fsp3) is 0.308. The summed E-state index contributed by atoms with van der Waals surface area (Å²) in [6, 6.07) is 8.14. The van der Waals surface area contributed by atoms with Crippen LogP contribution in [0.1, 0.15) is 18.1 Å². The van der Waals surface area contributed by atoms with E-state index in [2.05, 4.69) is 27.6 Å². The summed E-state index contributed by atoms with van der Waals surface area (Å²) in [4.78, 5) is 0. The maximum atomic E-state index is 5.46. The molecule has 0 atom stereocenters. The predicted molar refractivity (Wildman–Crippen MR) is 66.7 cm³/mol. The predicted octanol–water partition coefficient (Wildman–Crippen LogP) is 2.10. The number of aromatic nitrogens is 2. The number of aromatic amines is 1. The molecule has 0 saturated carbocycles. The van der Waals surface area contributed by atoms with Gasteiger partial charge in [-0.1, -0.05) is 12.1 Å². The third-order valence-electron chi connectivity index (χ3n) is 2.42. The first-order chi connectivity index (χ1) is 8.38. The molecular formula is C13H17N3O. The Bertz CT molecular complexity index is 440. The second-order valence-corrected chi connectivity index (χ2v) is 3.79. The van der Waals surface area contributed by atoms with Crippen LogP contribution in [0.5, 0.6) is 5.75 Å². The smallest absolute Gasteiger partial charge is 0.119 e. The molecule has 0 bridgehead atoms. The van der Waals surface area contributed by atoms with Crippen LogP contribution >= 0.6 is 0 Å². The molecule has 0 radical (unpaired) electrons. The van der Waals surface area contributed by atoms with Crippen LogP contribution in [0.2, 0.25) is 0 Å². The topological polar surface area (TPSA) is 49.9 Å². The second-order valence-electron chi connectivity index (χ2n) is 3.79. The van der Waals surface area contributed by atoms with Gasteiger partial charge < -0.3 is 10.1 Å². The average Bonchev–Trinajstić information content (AvgIpc) is 2.83. The van der Waals surface area contributed by atoms with Gasteiger partial charge in [0, 0.05) is 24.8 Å². The Morgan fingerprint density at radius 3 is 2.94 bits per heavy atom. The molecule has 0 aliphatic heterocycles. The van der Waals surface area contributed by atoms with Crippen LogP contribution in [0.25, 0.3) is 0 Å². The van der Waals surface area contributed by atoms with E-state index in [1.54, 1.807) is 0 Å². The van der Waals surface area contributed by atoms with Crippen molar-refractivity contribution in [3.05, 3.63) is 47.8 Å². The van der Waals surface area contributed by atoms with Crippen molar-refractivity contribution >= 4 is 0 Å². The number of hydrogen-bond acceptors (Lipinski definition) is 3. The van der Waals surface area contributed by atoms with Gasteiger partial charge >= 0.3 is 0 Å². The number of benzene rings is 1. The lowest BCUT2D eigenvalue weighted by molar-refractivity contribution is 0.340. The Kier molecular flexibility index (Phi) is 4.16. The van der Waals surface area contributed by atoms with Crippen molar-refractivity contribution in [2.24, 2.45) is 0 Å². The molecule has 90 valence electrons. The van der Waals surface area contributed by atoms with Gasteiger partial charge in [0.05, 0.1) is 12.8 Å². The molecule has 0 saturated heterocycles. The highest BCUT2D eigenvalue weighted by Crippen LogP contribution is 2.13. The molecule has 1 aromatic carbocycles. The van der Waals surface area contributed by atoms with Crippen LogP contribution in [0.15, 0.2) is 36.7 Å². The lowest BCUT2D eigenvalue weighted by Gasteiger charge is -2.06. The van der Waals surface area contributed by atoms with E-state index in [1.807, 2.05) is 31.5 Å². The Morgan fingerprint density at radius 2 is 2.18 bits per heavy atom. The zero-order chi connectivity index (χ0) is 11.9. The standard InChI is InChI=1S/C13H17N3O/c1-2-17-13-5-3-4-11(6-13)7-14-8-12-9-15-16-10-12/h3-6,9-10,14H,2,7-8H2,1H3,(H,15,16). The summed E-state index contributed by atoms with van der Waals surface area (Å²) >= 11 is 0. The summed E-state index contributed by atoms with van der Waals surface area (Å²) in [5.41, 5.74) is 2.38. The third-order valence-corrected chi connectivity index (χ3v) is 2.42. The minimum atomic E-state index is 0.700. The number of rotatable bonds is 6. The molecule has 1 heterocycles. The highest BCUT2D eigenvalue weighted by atomic mass is 16.5. The first-order valence-corrected chi connectivity index (χ1v) is 5.78. The highest BCUT2D eigenvalue weighted by Gasteiger charge is 1.97. The van der Waals surface area contributed by atoms with Crippen molar-refractivity contribution in [2.45, 2.75) is 20.0 Å². The third kappa shape index (κ3) is 3.60. The molecule has 4 nitrogen and oxygen atoms in total. The number of ether oxygens (including phenoxy) is 1. The molecule has 4 heteroatoms. The maximum Gasteiger partial charge on any atom is 0.119 e. The second kappa shape index (κ2) is 6.06. The molecule has 0 spiro atoms. The molecule has 2 rings (SSSR count). The van der Waals surface area contributed by atoms with Crippen molar-refractivity contribution in [3.63, 3.8) is 0 Å². The molecule has 0 aliphatic carbocycles. The first-order valence-electron chi connectivity index (χ1n) is 5.78. The number of H-pyrrole nitrogens is 1. The SMILES string of the molecule is CCOc1cccc(CNCc2cn[nH]c2)c1. The van der Waals surface area contributed by atoms with E-state index in [0.29, 0.717) is 6.61 Å². The summed E-state index contributed by atoms with van der Waals surface area (Å²) in [6.07, 6.45) is 3.72. The number of hydrogen-bond donors (Lipinski definition) is 2. The van der Waals surface area contributed by atoms with Crippen molar-refractivity contribution in [1.29, 1.82) is 0 Å². The summed E-state index contributed by atoms with van der Waals surface area (Å²) in [7, 11) is 0. The van der Waals surface area contributed by atoms with Gasteiger partial charge in [0.15, 0.2) is 0 Å². The first kappa shape index (κ1) is 11.7. The summed E-state index contributed by atoms with van der Waals surface area (Å²) in [5, 5.41) is 10.1. The lowest BCUT2D eigenvalue weighted by atomic mass is 10.2. The Morgan fingerprint density at radius 1 is 1.29 bits per heavy atom. The average molecular weight is 231 g/mol. The fourth-order valence-corrected chi connectivity index (χ4v) is 1.64. The molecule has 0 amide bonds. The number of nitrogens with zero attached hydrogens (tertiary/aromatic N) is 1. The molecule has 0 unspecified atom stereocenters. The normalized spacial score (nSPS) is 10.4. The largest absolute Gasteiger partial charge is 0.494 e. The Labute approximate surface area is 101 Å². The molecule has 2 aromatic rings. The summed E-state index contributed by atoms with van der Waals surface area (Å²) in [6.45, 7) is 4.33. The van der Waals surface area contributed by atoms with Gasteiger partial charge in [-0.3, -0.25) is 5.10 Å². The minimum Gasteiger partial charge on any atom is -0.494 e. The van der Waals surface area contributed by atoms with Gasteiger partial charge in [-0.2, -0.15) is 5.10 Å². The molecular weight excluding hydrogens is 214 g/mol. The highest BCUT2D eigenvalue weighted by molar-refractivity contribution is 5.28. The zero-order valence-corrected chi connectivity index (χ0v) is 9.94. The van der Waals surface area contributed by atoms with Gasteiger partial charge in [0.25, 0.3) is 0 Å². The van der Waals surface area contributed by atoms with Crippen LogP contribution in [-0.4, -0.2) is 16.8 Å². The van der Waals surface area contributed by atoms with E-state index in [1.165, 1.54) is 5.56 Å². The van der Waals surface area contributed by atoms with E-state index in [9.17, 15) is 0 Å². The van der Waals surface area contributed by atoms with Crippen molar-refractivity contribution in [3.8, 4) is 5.75 Å². The van der Waals surface area contributed by atoms with E-state index in [-0.39, 0.29) is 0 Å². The summed E-state index contributed by atoms with van der Waals surface area (Å²) < 4.78 is 5.46. The maximum absolute atomic E-state index is 5.46. The monoisotopic (exact) mass is 231 g/mol. The van der Waals surface area contributed by atoms with Crippen molar-refractivity contribution in [2.75, 3.05) is 6.61 Å². The van der Waals surface area contributed by atoms with Gasteiger partial charge in [0.2, 0.25) is 0 Å². The molecule has 0 aliphatic rings. The Balaban J connectivity index is 1.84. The van der Waals surface area contributed by atoms with Crippen LogP contribution in [-0.2, 0) is 13.1 Å². The van der Waals surface area contributed by atoms with Gasteiger partial charge in [-0.15, -0.1) is 0 Å². The van der Waals surface area contributed by atoms with Gasteiger partial charge in [-0.25, -0.2) is 0 Å². The minimum absolute atomic E-state index is 0.700. The van der Waals surface area contributed by atoms with E-state index >= 15 is 0 Å². The summed E-state index contributed by atoms with van der Waals surface area (Å²) in [5.74, 6) is 0.926.